The zero-order chi connectivity index (χ0) is 15.1. The number of benzene rings is 1. The SMILES string of the molecule is O=C(CN1CCNC(=O)C1)NCCOc1ccc(Cl)cc1. The summed E-state index contributed by atoms with van der Waals surface area (Å²) in [5, 5.41) is 6.13. The minimum Gasteiger partial charge on any atom is -0.492 e. The highest BCUT2D eigenvalue weighted by Gasteiger charge is 2.18. The molecule has 0 aliphatic carbocycles. The van der Waals surface area contributed by atoms with E-state index in [1.807, 2.05) is 4.90 Å². The zero-order valence-electron chi connectivity index (χ0n) is 11.6. The molecule has 1 aromatic carbocycles. The molecule has 1 heterocycles. The Bertz CT molecular complexity index is 493. The van der Waals surface area contributed by atoms with Gasteiger partial charge in [-0.15, -0.1) is 0 Å². The average molecular weight is 312 g/mol. The molecule has 1 aromatic rings. The smallest absolute Gasteiger partial charge is 0.234 e. The number of nitrogens with zero attached hydrogens (tertiary/aromatic N) is 1. The van der Waals surface area contributed by atoms with Crippen molar-refractivity contribution in [3.8, 4) is 5.75 Å². The predicted octanol–water partition coefficient (Wildman–Crippen LogP) is 0.267. The molecule has 0 aromatic heterocycles. The van der Waals surface area contributed by atoms with Crippen molar-refractivity contribution in [3.05, 3.63) is 29.3 Å². The second kappa shape index (κ2) is 7.85. The Labute approximate surface area is 128 Å². The molecule has 1 aliphatic heterocycles. The number of piperazine rings is 1. The quantitative estimate of drug-likeness (QED) is 0.740. The van der Waals surface area contributed by atoms with Crippen LogP contribution >= 0.6 is 11.6 Å². The van der Waals surface area contributed by atoms with Crippen molar-refractivity contribution in [3.63, 3.8) is 0 Å². The molecule has 0 bridgehead atoms. The van der Waals surface area contributed by atoms with Crippen molar-refractivity contribution in [1.82, 2.24) is 15.5 Å². The number of halogens is 1. The van der Waals surface area contributed by atoms with Crippen molar-refractivity contribution in [2.24, 2.45) is 0 Å². The molecule has 0 saturated carbocycles. The van der Waals surface area contributed by atoms with Crippen LogP contribution in [0.4, 0.5) is 0 Å². The molecule has 0 atom stereocenters. The van der Waals surface area contributed by atoms with E-state index >= 15 is 0 Å². The van der Waals surface area contributed by atoms with Crippen LogP contribution in [-0.4, -0.2) is 56.0 Å². The molecule has 0 radical (unpaired) electrons. The van der Waals surface area contributed by atoms with Gasteiger partial charge in [-0.2, -0.15) is 0 Å². The molecule has 0 unspecified atom stereocenters. The van der Waals surface area contributed by atoms with Gasteiger partial charge < -0.3 is 15.4 Å². The van der Waals surface area contributed by atoms with Crippen LogP contribution < -0.4 is 15.4 Å². The van der Waals surface area contributed by atoms with Gasteiger partial charge in [0.05, 0.1) is 19.6 Å². The summed E-state index contributed by atoms with van der Waals surface area (Å²) in [7, 11) is 0. The van der Waals surface area contributed by atoms with Crippen molar-refractivity contribution in [2.75, 3.05) is 39.3 Å². The Balaban J connectivity index is 1.60. The fraction of sp³-hybridized carbons (Fsp3) is 0.429. The molecule has 1 aliphatic rings. The highest BCUT2D eigenvalue weighted by atomic mass is 35.5. The predicted molar refractivity (Wildman–Crippen MR) is 79.4 cm³/mol. The number of amides is 2. The number of ether oxygens (including phenoxy) is 1. The standard InChI is InChI=1S/C14H18ClN3O3/c15-11-1-3-12(4-2-11)21-8-6-17-14(20)10-18-7-5-16-13(19)9-18/h1-4H,5-10H2,(H,16,19)(H,17,20). The van der Waals surface area contributed by atoms with E-state index in [1.165, 1.54) is 0 Å². The molecule has 1 saturated heterocycles. The monoisotopic (exact) mass is 311 g/mol. The molecule has 2 amide bonds. The topological polar surface area (TPSA) is 70.7 Å². The van der Waals surface area contributed by atoms with Gasteiger partial charge in [0, 0.05) is 18.1 Å². The molecule has 2 rings (SSSR count). The largest absolute Gasteiger partial charge is 0.492 e. The second-order valence-corrected chi connectivity index (χ2v) is 5.15. The normalized spacial score (nSPS) is 15.4. The zero-order valence-corrected chi connectivity index (χ0v) is 12.4. The lowest BCUT2D eigenvalue weighted by Gasteiger charge is -2.25. The Morgan fingerprint density at radius 1 is 1.38 bits per heavy atom. The molecule has 0 spiro atoms. The van der Waals surface area contributed by atoms with Crippen molar-refractivity contribution < 1.29 is 14.3 Å². The van der Waals surface area contributed by atoms with Gasteiger partial charge in [-0.25, -0.2) is 0 Å². The van der Waals surface area contributed by atoms with E-state index < -0.39 is 0 Å². The summed E-state index contributed by atoms with van der Waals surface area (Å²) in [4.78, 5) is 24.7. The van der Waals surface area contributed by atoms with Crippen LogP contribution in [0, 0.1) is 0 Å². The highest BCUT2D eigenvalue weighted by molar-refractivity contribution is 6.30. The van der Waals surface area contributed by atoms with Crippen LogP contribution in [0.5, 0.6) is 5.75 Å². The highest BCUT2D eigenvalue weighted by Crippen LogP contribution is 2.14. The Morgan fingerprint density at radius 3 is 2.86 bits per heavy atom. The van der Waals surface area contributed by atoms with Crippen molar-refractivity contribution in [2.45, 2.75) is 0 Å². The van der Waals surface area contributed by atoms with Gasteiger partial charge in [0.25, 0.3) is 0 Å². The van der Waals surface area contributed by atoms with Gasteiger partial charge in [-0.1, -0.05) is 11.6 Å². The van der Waals surface area contributed by atoms with E-state index in [1.54, 1.807) is 24.3 Å². The van der Waals surface area contributed by atoms with Gasteiger partial charge in [0.2, 0.25) is 11.8 Å². The summed E-state index contributed by atoms with van der Waals surface area (Å²) in [6.45, 7) is 2.59. The molecule has 114 valence electrons. The van der Waals surface area contributed by atoms with Gasteiger partial charge in [0.1, 0.15) is 12.4 Å². The molecule has 2 N–H and O–H groups in total. The number of carbonyl (C=O) groups excluding carboxylic acids is 2. The van der Waals surface area contributed by atoms with E-state index in [9.17, 15) is 9.59 Å². The van der Waals surface area contributed by atoms with E-state index in [2.05, 4.69) is 10.6 Å². The second-order valence-electron chi connectivity index (χ2n) is 4.71. The maximum absolute atomic E-state index is 11.7. The van der Waals surface area contributed by atoms with E-state index in [-0.39, 0.29) is 24.9 Å². The fourth-order valence-corrected chi connectivity index (χ4v) is 2.10. The number of rotatable bonds is 6. The first-order chi connectivity index (χ1) is 10.1. The first-order valence-corrected chi connectivity index (χ1v) is 7.15. The Kier molecular flexibility index (Phi) is 5.83. The Hall–Kier alpha value is -1.79. The minimum absolute atomic E-state index is 0.0416. The lowest BCUT2D eigenvalue weighted by atomic mass is 10.3. The molecule has 1 fully saturated rings. The lowest BCUT2D eigenvalue weighted by Crippen LogP contribution is -2.50. The fourth-order valence-electron chi connectivity index (χ4n) is 1.98. The van der Waals surface area contributed by atoms with Crippen molar-refractivity contribution in [1.29, 1.82) is 0 Å². The van der Waals surface area contributed by atoms with Crippen LogP contribution in [0.3, 0.4) is 0 Å². The number of nitrogens with one attached hydrogen (secondary N) is 2. The van der Waals surface area contributed by atoms with Crippen molar-refractivity contribution >= 4 is 23.4 Å². The average Bonchev–Trinajstić information content (AvgIpc) is 2.45. The summed E-state index contributed by atoms with van der Waals surface area (Å²) in [6, 6.07) is 7.04. The molecule has 6 nitrogen and oxygen atoms in total. The van der Waals surface area contributed by atoms with Crippen LogP contribution in [0.15, 0.2) is 24.3 Å². The van der Waals surface area contributed by atoms with E-state index in [4.69, 9.17) is 16.3 Å². The summed E-state index contributed by atoms with van der Waals surface area (Å²) in [5.41, 5.74) is 0. The molecule has 21 heavy (non-hydrogen) atoms. The third-order valence-electron chi connectivity index (χ3n) is 2.99. The number of hydrogen-bond donors (Lipinski definition) is 2. The lowest BCUT2D eigenvalue weighted by molar-refractivity contribution is -0.126. The number of carbonyl (C=O) groups is 2. The third kappa shape index (κ3) is 5.61. The van der Waals surface area contributed by atoms with Crippen LogP contribution in [0.2, 0.25) is 5.02 Å². The van der Waals surface area contributed by atoms with Gasteiger partial charge in [0.15, 0.2) is 0 Å². The third-order valence-corrected chi connectivity index (χ3v) is 3.24. The van der Waals surface area contributed by atoms with Crippen LogP contribution in [0.1, 0.15) is 0 Å². The van der Waals surface area contributed by atoms with E-state index in [0.717, 1.165) is 0 Å². The van der Waals surface area contributed by atoms with Crippen LogP contribution in [0.25, 0.3) is 0 Å². The number of hydrogen-bond acceptors (Lipinski definition) is 4. The summed E-state index contributed by atoms with van der Waals surface area (Å²) in [5.74, 6) is 0.561. The van der Waals surface area contributed by atoms with E-state index in [0.29, 0.717) is 37.0 Å². The van der Waals surface area contributed by atoms with Gasteiger partial charge in [-0.3, -0.25) is 14.5 Å². The maximum Gasteiger partial charge on any atom is 0.234 e. The summed E-state index contributed by atoms with van der Waals surface area (Å²) < 4.78 is 5.47. The molecular formula is C14H18ClN3O3. The van der Waals surface area contributed by atoms with Gasteiger partial charge in [-0.05, 0) is 24.3 Å². The van der Waals surface area contributed by atoms with Crippen LogP contribution in [-0.2, 0) is 9.59 Å². The first-order valence-electron chi connectivity index (χ1n) is 6.77. The van der Waals surface area contributed by atoms with Gasteiger partial charge >= 0.3 is 0 Å². The first kappa shape index (κ1) is 15.6. The molecule has 7 heteroatoms. The minimum atomic E-state index is -0.107. The summed E-state index contributed by atoms with van der Waals surface area (Å²) in [6.07, 6.45) is 0. The maximum atomic E-state index is 11.7. The summed E-state index contributed by atoms with van der Waals surface area (Å²) >= 11 is 5.77. The Morgan fingerprint density at radius 2 is 2.14 bits per heavy atom. The molecular weight excluding hydrogens is 294 g/mol.